The molecule has 0 aliphatic heterocycles. The van der Waals surface area contributed by atoms with Gasteiger partial charge in [0.1, 0.15) is 12.4 Å². The van der Waals surface area contributed by atoms with Gasteiger partial charge in [0, 0.05) is 28.7 Å². The Morgan fingerprint density at radius 1 is 1.14 bits per heavy atom. The fraction of sp³-hybridized carbons (Fsp3) is 0.130. The van der Waals surface area contributed by atoms with E-state index in [-0.39, 0.29) is 18.4 Å². The minimum atomic E-state index is -0.305. The number of amides is 2. The van der Waals surface area contributed by atoms with Gasteiger partial charge in [0.05, 0.1) is 6.54 Å². The Morgan fingerprint density at radius 3 is 2.72 bits per heavy atom. The van der Waals surface area contributed by atoms with E-state index >= 15 is 0 Å². The Bertz CT molecular complexity index is 1040. The highest BCUT2D eigenvalue weighted by Crippen LogP contribution is 2.18. The van der Waals surface area contributed by atoms with Crippen LogP contribution in [0.4, 0.5) is 5.69 Å². The molecule has 6 heteroatoms. The van der Waals surface area contributed by atoms with Gasteiger partial charge in [-0.25, -0.2) is 0 Å². The SMILES string of the molecule is C#Cc1cccc(NC(=O)CN(C)C(=O)c2cccc(OCc3cccs3)c2)c1. The molecule has 146 valence electrons. The maximum absolute atomic E-state index is 12.7. The van der Waals surface area contributed by atoms with Crippen molar-refractivity contribution >= 4 is 28.8 Å². The summed E-state index contributed by atoms with van der Waals surface area (Å²) in [6.07, 6.45) is 5.37. The number of ether oxygens (including phenoxy) is 1. The minimum Gasteiger partial charge on any atom is -0.488 e. The van der Waals surface area contributed by atoms with Gasteiger partial charge in [-0.15, -0.1) is 17.8 Å². The fourth-order valence-corrected chi connectivity index (χ4v) is 3.28. The molecule has 0 bridgehead atoms. The van der Waals surface area contributed by atoms with Crippen LogP contribution in [0.25, 0.3) is 0 Å². The molecule has 5 nitrogen and oxygen atoms in total. The van der Waals surface area contributed by atoms with Gasteiger partial charge in [-0.05, 0) is 47.8 Å². The molecule has 1 heterocycles. The van der Waals surface area contributed by atoms with E-state index in [0.717, 1.165) is 4.88 Å². The van der Waals surface area contributed by atoms with E-state index < -0.39 is 0 Å². The monoisotopic (exact) mass is 404 g/mol. The Balaban J connectivity index is 1.58. The molecule has 0 spiro atoms. The minimum absolute atomic E-state index is 0.0839. The quantitative estimate of drug-likeness (QED) is 0.605. The number of likely N-dealkylation sites (N-methyl/N-ethyl adjacent to an activating group) is 1. The van der Waals surface area contributed by atoms with Crippen molar-refractivity contribution in [1.82, 2.24) is 4.90 Å². The molecule has 2 amide bonds. The Labute approximate surface area is 173 Å². The third kappa shape index (κ3) is 5.71. The number of carbonyl (C=O) groups excluding carboxylic acids is 2. The third-order valence-corrected chi connectivity index (χ3v) is 4.93. The average Bonchev–Trinajstić information content (AvgIpc) is 3.25. The fourth-order valence-electron chi connectivity index (χ4n) is 2.66. The summed E-state index contributed by atoms with van der Waals surface area (Å²) in [6, 6.07) is 17.9. The van der Waals surface area contributed by atoms with E-state index in [1.165, 1.54) is 4.90 Å². The lowest BCUT2D eigenvalue weighted by Gasteiger charge is -2.17. The lowest BCUT2D eigenvalue weighted by molar-refractivity contribution is -0.116. The molecule has 0 aliphatic rings. The van der Waals surface area contributed by atoms with Crippen LogP contribution in [0.3, 0.4) is 0 Å². The number of thiophene rings is 1. The number of anilines is 1. The maximum atomic E-state index is 12.7. The van der Waals surface area contributed by atoms with E-state index in [9.17, 15) is 9.59 Å². The number of hydrogen-bond donors (Lipinski definition) is 1. The van der Waals surface area contributed by atoms with Crippen LogP contribution in [-0.2, 0) is 11.4 Å². The second-order valence-electron chi connectivity index (χ2n) is 6.33. The summed E-state index contributed by atoms with van der Waals surface area (Å²) in [7, 11) is 1.58. The van der Waals surface area contributed by atoms with Crippen LogP contribution in [-0.4, -0.2) is 30.3 Å². The summed E-state index contributed by atoms with van der Waals surface area (Å²) < 4.78 is 5.75. The maximum Gasteiger partial charge on any atom is 0.254 e. The summed E-state index contributed by atoms with van der Waals surface area (Å²) in [6.45, 7) is 0.365. The summed E-state index contributed by atoms with van der Waals surface area (Å²) in [5.74, 6) is 2.55. The van der Waals surface area contributed by atoms with Crippen LogP contribution in [0.15, 0.2) is 66.0 Å². The summed E-state index contributed by atoms with van der Waals surface area (Å²) in [5, 5.41) is 4.74. The predicted molar refractivity (Wildman–Crippen MR) is 115 cm³/mol. The molecule has 0 radical (unpaired) electrons. The molecule has 1 aromatic heterocycles. The average molecular weight is 404 g/mol. The van der Waals surface area contributed by atoms with E-state index in [0.29, 0.717) is 29.2 Å². The zero-order valence-corrected chi connectivity index (χ0v) is 16.7. The zero-order chi connectivity index (χ0) is 20.6. The highest BCUT2D eigenvalue weighted by atomic mass is 32.1. The summed E-state index contributed by atoms with van der Waals surface area (Å²) in [4.78, 5) is 27.4. The second-order valence-corrected chi connectivity index (χ2v) is 7.36. The van der Waals surface area contributed by atoms with Gasteiger partial charge in [0.15, 0.2) is 0 Å². The van der Waals surface area contributed by atoms with E-state index in [1.54, 1.807) is 66.9 Å². The Hall–Kier alpha value is -3.56. The van der Waals surface area contributed by atoms with Gasteiger partial charge in [0.2, 0.25) is 5.91 Å². The number of terminal acetylenes is 1. The standard InChI is InChI=1S/C23H20N2O3S/c1-3-17-7-4-9-19(13-17)24-22(26)15-25(2)23(27)18-8-5-10-20(14-18)28-16-21-11-6-12-29-21/h1,4-14H,15-16H2,2H3,(H,24,26). The lowest BCUT2D eigenvalue weighted by atomic mass is 10.2. The summed E-state index contributed by atoms with van der Waals surface area (Å²) >= 11 is 1.61. The predicted octanol–water partition coefficient (Wildman–Crippen LogP) is 4.02. The third-order valence-electron chi connectivity index (χ3n) is 4.08. The highest BCUT2D eigenvalue weighted by Gasteiger charge is 2.16. The van der Waals surface area contributed by atoms with E-state index in [4.69, 9.17) is 11.2 Å². The molecule has 29 heavy (non-hydrogen) atoms. The smallest absolute Gasteiger partial charge is 0.254 e. The largest absolute Gasteiger partial charge is 0.488 e. The molecular weight excluding hydrogens is 384 g/mol. The van der Waals surface area contributed by atoms with Gasteiger partial charge in [-0.2, -0.15) is 0 Å². The van der Waals surface area contributed by atoms with Crippen LogP contribution in [0.2, 0.25) is 0 Å². The first kappa shape index (κ1) is 20.2. The van der Waals surface area contributed by atoms with Gasteiger partial charge >= 0.3 is 0 Å². The van der Waals surface area contributed by atoms with Crippen molar-refractivity contribution in [2.45, 2.75) is 6.61 Å². The van der Waals surface area contributed by atoms with Crippen molar-refractivity contribution in [2.24, 2.45) is 0 Å². The highest BCUT2D eigenvalue weighted by molar-refractivity contribution is 7.09. The second kappa shape index (κ2) is 9.58. The molecule has 1 N–H and O–H groups in total. The molecule has 0 atom stereocenters. The molecule has 0 unspecified atom stereocenters. The molecule has 0 aliphatic carbocycles. The number of nitrogens with zero attached hydrogens (tertiary/aromatic N) is 1. The van der Waals surface area contributed by atoms with E-state index in [2.05, 4.69) is 11.2 Å². The number of carbonyl (C=O) groups is 2. The van der Waals surface area contributed by atoms with Crippen molar-refractivity contribution in [3.63, 3.8) is 0 Å². The normalized spacial score (nSPS) is 10.1. The Morgan fingerprint density at radius 2 is 1.97 bits per heavy atom. The van der Waals surface area contributed by atoms with Crippen molar-refractivity contribution in [3.8, 4) is 18.1 Å². The van der Waals surface area contributed by atoms with Crippen molar-refractivity contribution in [1.29, 1.82) is 0 Å². The first-order chi connectivity index (χ1) is 14.0. The molecular formula is C23H20N2O3S. The Kier molecular flexibility index (Phi) is 6.67. The summed E-state index contributed by atoms with van der Waals surface area (Å²) in [5.41, 5.74) is 1.72. The van der Waals surface area contributed by atoms with Crippen LogP contribution in [0.1, 0.15) is 20.8 Å². The van der Waals surface area contributed by atoms with Crippen molar-refractivity contribution < 1.29 is 14.3 Å². The number of rotatable bonds is 7. The topological polar surface area (TPSA) is 58.6 Å². The molecule has 0 fully saturated rings. The van der Waals surface area contributed by atoms with Gasteiger partial charge in [0.25, 0.3) is 5.91 Å². The number of nitrogens with one attached hydrogen (secondary N) is 1. The van der Waals surface area contributed by atoms with Crippen molar-refractivity contribution in [3.05, 3.63) is 82.0 Å². The molecule has 2 aromatic carbocycles. The van der Waals surface area contributed by atoms with Gasteiger partial charge in [-0.3, -0.25) is 9.59 Å². The number of hydrogen-bond acceptors (Lipinski definition) is 4. The first-order valence-corrected chi connectivity index (χ1v) is 9.80. The van der Waals surface area contributed by atoms with Gasteiger partial charge < -0.3 is 15.0 Å². The first-order valence-electron chi connectivity index (χ1n) is 8.92. The molecule has 3 rings (SSSR count). The van der Waals surface area contributed by atoms with Crippen LogP contribution in [0.5, 0.6) is 5.75 Å². The molecule has 3 aromatic rings. The lowest BCUT2D eigenvalue weighted by Crippen LogP contribution is -2.34. The molecule has 0 saturated carbocycles. The number of benzene rings is 2. The van der Waals surface area contributed by atoms with E-state index in [1.807, 2.05) is 17.5 Å². The zero-order valence-electron chi connectivity index (χ0n) is 15.9. The van der Waals surface area contributed by atoms with Crippen molar-refractivity contribution in [2.75, 3.05) is 18.9 Å². The van der Waals surface area contributed by atoms with Crippen LogP contribution < -0.4 is 10.1 Å². The molecule has 0 saturated heterocycles. The van der Waals surface area contributed by atoms with Crippen LogP contribution in [0, 0.1) is 12.3 Å². The van der Waals surface area contributed by atoms with Crippen LogP contribution >= 0.6 is 11.3 Å². The van der Waals surface area contributed by atoms with Gasteiger partial charge in [-0.1, -0.05) is 24.1 Å².